The van der Waals surface area contributed by atoms with Crippen LogP contribution >= 0.6 is 0 Å². The zero-order valence-corrected chi connectivity index (χ0v) is 15.0. The Kier molecular flexibility index (Phi) is 3.72. The molecule has 1 aliphatic heterocycles. The molecule has 0 bridgehead atoms. The Morgan fingerprint density at radius 1 is 1.12 bits per heavy atom. The van der Waals surface area contributed by atoms with Crippen molar-refractivity contribution in [1.82, 2.24) is 24.8 Å². The lowest BCUT2D eigenvalue weighted by Crippen LogP contribution is -2.24. The van der Waals surface area contributed by atoms with Gasteiger partial charge >= 0.3 is 0 Å². The Labute approximate surface area is 152 Å². The third kappa shape index (κ3) is 2.98. The fraction of sp³-hybridized carbons (Fsp3) is 0.474. The van der Waals surface area contributed by atoms with E-state index < -0.39 is 0 Å². The average molecular weight is 349 g/mol. The topological polar surface area (TPSA) is 71.2 Å². The standard InChI is InChI=1S/C19H23N7/c1-13-3-2-4-16(21-13)20-11-14-9-10-25(12-14)18-8-7-17-22-23-19(15-5-6-15)26(17)24-18/h2-4,7-8,14-15H,5-6,9-12H2,1H3,(H,20,21). The van der Waals surface area contributed by atoms with E-state index in [4.69, 9.17) is 5.10 Å². The number of anilines is 2. The smallest absolute Gasteiger partial charge is 0.178 e. The van der Waals surface area contributed by atoms with Crippen LogP contribution in [0.25, 0.3) is 5.65 Å². The van der Waals surface area contributed by atoms with E-state index in [2.05, 4.69) is 31.5 Å². The number of aromatic nitrogens is 5. The highest BCUT2D eigenvalue weighted by Crippen LogP contribution is 2.38. The van der Waals surface area contributed by atoms with Crippen LogP contribution in [-0.2, 0) is 0 Å². The highest BCUT2D eigenvalue weighted by atomic mass is 15.4. The van der Waals surface area contributed by atoms with E-state index in [1.165, 1.54) is 12.8 Å². The van der Waals surface area contributed by atoms with Crippen LogP contribution in [-0.4, -0.2) is 44.4 Å². The van der Waals surface area contributed by atoms with Crippen molar-refractivity contribution in [2.24, 2.45) is 5.92 Å². The van der Waals surface area contributed by atoms with Gasteiger partial charge < -0.3 is 10.2 Å². The van der Waals surface area contributed by atoms with Gasteiger partial charge in [0.25, 0.3) is 0 Å². The van der Waals surface area contributed by atoms with Crippen LogP contribution in [0.3, 0.4) is 0 Å². The minimum absolute atomic E-state index is 0.546. The van der Waals surface area contributed by atoms with Gasteiger partial charge in [0, 0.05) is 31.2 Å². The molecule has 134 valence electrons. The predicted molar refractivity (Wildman–Crippen MR) is 101 cm³/mol. The fourth-order valence-electron chi connectivity index (χ4n) is 3.66. The minimum Gasteiger partial charge on any atom is -0.370 e. The van der Waals surface area contributed by atoms with E-state index >= 15 is 0 Å². The van der Waals surface area contributed by atoms with E-state index in [0.717, 1.165) is 54.9 Å². The molecule has 5 rings (SSSR count). The van der Waals surface area contributed by atoms with Gasteiger partial charge in [-0.25, -0.2) is 4.98 Å². The van der Waals surface area contributed by atoms with Gasteiger partial charge in [-0.3, -0.25) is 0 Å². The van der Waals surface area contributed by atoms with Crippen molar-refractivity contribution in [2.75, 3.05) is 29.9 Å². The minimum atomic E-state index is 0.546. The van der Waals surface area contributed by atoms with Crippen molar-refractivity contribution >= 4 is 17.3 Å². The van der Waals surface area contributed by atoms with Gasteiger partial charge in [-0.05, 0) is 56.4 Å². The predicted octanol–water partition coefficient (Wildman–Crippen LogP) is 2.64. The molecule has 0 amide bonds. The molecule has 0 aromatic carbocycles. The summed E-state index contributed by atoms with van der Waals surface area (Å²) in [6, 6.07) is 10.2. The molecule has 2 aliphatic rings. The second-order valence-corrected chi connectivity index (χ2v) is 7.44. The first kappa shape index (κ1) is 15.5. The summed E-state index contributed by atoms with van der Waals surface area (Å²) in [7, 11) is 0. The van der Waals surface area contributed by atoms with Crippen LogP contribution < -0.4 is 10.2 Å². The Morgan fingerprint density at radius 2 is 2.04 bits per heavy atom. The molecule has 1 atom stereocenters. The lowest BCUT2D eigenvalue weighted by molar-refractivity contribution is 0.620. The van der Waals surface area contributed by atoms with E-state index in [9.17, 15) is 0 Å². The molecule has 3 aromatic rings. The number of rotatable bonds is 5. The molecule has 7 nitrogen and oxygen atoms in total. The fourth-order valence-corrected chi connectivity index (χ4v) is 3.66. The van der Waals surface area contributed by atoms with E-state index in [-0.39, 0.29) is 0 Å². The molecule has 1 saturated heterocycles. The number of hydrogen-bond acceptors (Lipinski definition) is 6. The number of fused-ring (bicyclic) bond motifs is 1. The number of nitrogens with one attached hydrogen (secondary N) is 1. The Bertz CT molecular complexity index is 931. The van der Waals surface area contributed by atoms with Crippen molar-refractivity contribution in [1.29, 1.82) is 0 Å². The molecular formula is C19H23N7. The average Bonchev–Trinajstić information content (AvgIpc) is 3.23. The summed E-state index contributed by atoms with van der Waals surface area (Å²) in [6.07, 6.45) is 3.57. The van der Waals surface area contributed by atoms with Crippen LogP contribution in [0.4, 0.5) is 11.6 Å². The second-order valence-electron chi connectivity index (χ2n) is 7.44. The molecule has 0 spiro atoms. The van der Waals surface area contributed by atoms with Crippen LogP contribution in [0.15, 0.2) is 30.3 Å². The monoisotopic (exact) mass is 349 g/mol. The van der Waals surface area contributed by atoms with Crippen molar-refractivity contribution in [3.8, 4) is 0 Å². The quantitative estimate of drug-likeness (QED) is 0.763. The third-order valence-corrected chi connectivity index (χ3v) is 5.29. The molecule has 0 radical (unpaired) electrons. The van der Waals surface area contributed by atoms with Crippen molar-refractivity contribution in [3.05, 3.63) is 41.9 Å². The molecule has 1 N–H and O–H groups in total. The molecule has 26 heavy (non-hydrogen) atoms. The molecule has 1 unspecified atom stereocenters. The van der Waals surface area contributed by atoms with Crippen LogP contribution in [0.2, 0.25) is 0 Å². The number of pyridine rings is 1. The Morgan fingerprint density at radius 3 is 2.88 bits per heavy atom. The maximum atomic E-state index is 4.83. The van der Waals surface area contributed by atoms with Crippen molar-refractivity contribution in [2.45, 2.75) is 32.1 Å². The van der Waals surface area contributed by atoms with Gasteiger partial charge in [0.05, 0.1) is 0 Å². The third-order valence-electron chi connectivity index (χ3n) is 5.29. The zero-order valence-electron chi connectivity index (χ0n) is 15.0. The summed E-state index contributed by atoms with van der Waals surface area (Å²) >= 11 is 0. The van der Waals surface area contributed by atoms with Gasteiger partial charge in [-0.2, -0.15) is 4.52 Å². The molecule has 7 heteroatoms. The van der Waals surface area contributed by atoms with E-state index in [1.807, 2.05) is 35.7 Å². The maximum absolute atomic E-state index is 4.83. The van der Waals surface area contributed by atoms with Crippen LogP contribution in [0, 0.1) is 12.8 Å². The number of aryl methyl sites for hydroxylation is 1. The summed E-state index contributed by atoms with van der Waals surface area (Å²) in [5.74, 6) is 4.14. The highest BCUT2D eigenvalue weighted by Gasteiger charge is 2.30. The molecule has 2 fully saturated rings. The van der Waals surface area contributed by atoms with Gasteiger partial charge in [0.15, 0.2) is 11.5 Å². The molecule has 1 saturated carbocycles. The normalized spacial score (nSPS) is 20.0. The van der Waals surface area contributed by atoms with Gasteiger partial charge in [-0.15, -0.1) is 15.3 Å². The van der Waals surface area contributed by atoms with Gasteiger partial charge in [0.2, 0.25) is 0 Å². The van der Waals surface area contributed by atoms with Gasteiger partial charge in [-0.1, -0.05) is 6.07 Å². The summed E-state index contributed by atoms with van der Waals surface area (Å²) in [5.41, 5.74) is 1.89. The number of hydrogen-bond donors (Lipinski definition) is 1. The first-order valence-electron chi connectivity index (χ1n) is 9.41. The Hall–Kier alpha value is -2.70. The summed E-state index contributed by atoms with van der Waals surface area (Å²) < 4.78 is 1.94. The largest absolute Gasteiger partial charge is 0.370 e. The maximum Gasteiger partial charge on any atom is 0.178 e. The summed E-state index contributed by atoms with van der Waals surface area (Å²) in [6.45, 7) is 5.01. The Balaban J connectivity index is 1.27. The lowest BCUT2D eigenvalue weighted by atomic mass is 10.1. The molecule has 4 heterocycles. The lowest BCUT2D eigenvalue weighted by Gasteiger charge is -2.18. The first-order chi connectivity index (χ1) is 12.8. The molecular weight excluding hydrogens is 326 g/mol. The summed E-state index contributed by atoms with van der Waals surface area (Å²) in [5, 5.41) is 16.9. The van der Waals surface area contributed by atoms with Gasteiger partial charge in [0.1, 0.15) is 11.6 Å². The van der Waals surface area contributed by atoms with Crippen LogP contribution in [0.1, 0.15) is 36.7 Å². The van der Waals surface area contributed by atoms with Crippen molar-refractivity contribution in [3.63, 3.8) is 0 Å². The highest BCUT2D eigenvalue weighted by molar-refractivity contribution is 5.47. The van der Waals surface area contributed by atoms with E-state index in [0.29, 0.717) is 11.8 Å². The van der Waals surface area contributed by atoms with E-state index in [1.54, 1.807) is 0 Å². The zero-order chi connectivity index (χ0) is 17.5. The number of nitrogens with zero attached hydrogens (tertiary/aromatic N) is 6. The first-order valence-corrected chi connectivity index (χ1v) is 9.41. The summed E-state index contributed by atoms with van der Waals surface area (Å²) in [4.78, 5) is 6.88. The SMILES string of the molecule is Cc1cccc(NCC2CCN(c3ccc4nnc(C5CC5)n4n3)C2)n1. The molecule has 3 aromatic heterocycles. The second kappa shape index (κ2) is 6.23. The molecule has 1 aliphatic carbocycles. The van der Waals surface area contributed by atoms with Crippen LogP contribution in [0.5, 0.6) is 0 Å². The van der Waals surface area contributed by atoms with Crippen molar-refractivity contribution < 1.29 is 0 Å².